The maximum atomic E-state index is 2.29. The molecular formula is C17H29B. The molecule has 1 rings (SSSR count). The molecular weight excluding hydrogens is 215 g/mol. The molecule has 0 unspecified atom stereocenters. The molecule has 0 aliphatic carbocycles. The lowest BCUT2D eigenvalue weighted by Gasteiger charge is -2.15. The van der Waals surface area contributed by atoms with Gasteiger partial charge in [-0.1, -0.05) is 107 Å². The van der Waals surface area contributed by atoms with Gasteiger partial charge in [0.25, 0.3) is 0 Å². The fraction of sp³-hybridized carbons (Fsp3) is 0.647. The summed E-state index contributed by atoms with van der Waals surface area (Å²) in [4.78, 5) is 0. The van der Waals surface area contributed by atoms with Crippen molar-refractivity contribution in [3.63, 3.8) is 0 Å². The summed E-state index contributed by atoms with van der Waals surface area (Å²) in [6.07, 6.45) is 11.2. The summed E-state index contributed by atoms with van der Waals surface area (Å²) in [5, 5.41) is 0. The predicted molar refractivity (Wildman–Crippen MR) is 85.3 cm³/mol. The van der Waals surface area contributed by atoms with Crippen LogP contribution in [0.1, 0.15) is 65.2 Å². The molecule has 0 fully saturated rings. The average Bonchev–Trinajstić information content (AvgIpc) is 2.40. The van der Waals surface area contributed by atoms with E-state index >= 15 is 0 Å². The molecule has 18 heavy (non-hydrogen) atoms. The Hall–Kier alpha value is -0.715. The molecule has 100 valence electrons. The van der Waals surface area contributed by atoms with Crippen LogP contribution in [0.15, 0.2) is 30.3 Å². The molecule has 0 saturated carbocycles. The third-order valence-electron chi connectivity index (χ3n) is 3.80. The van der Waals surface area contributed by atoms with Gasteiger partial charge in [-0.2, -0.15) is 0 Å². The molecule has 0 heterocycles. The van der Waals surface area contributed by atoms with Crippen molar-refractivity contribution in [2.75, 3.05) is 0 Å². The SMILES string of the molecule is CCCCCC(Bc1ccccc1)CCCCC. The fourth-order valence-electron chi connectivity index (χ4n) is 2.66. The minimum Gasteiger partial charge on any atom is -0.0842 e. The quantitative estimate of drug-likeness (QED) is 0.413. The van der Waals surface area contributed by atoms with Gasteiger partial charge in [-0.05, 0) is 0 Å². The number of rotatable bonds is 10. The number of hydrogen-bond acceptors (Lipinski definition) is 0. The van der Waals surface area contributed by atoms with Crippen molar-refractivity contribution in [3.8, 4) is 0 Å². The second kappa shape index (κ2) is 10.2. The van der Waals surface area contributed by atoms with Crippen LogP contribution in [0.5, 0.6) is 0 Å². The fourth-order valence-corrected chi connectivity index (χ4v) is 2.66. The lowest BCUT2D eigenvalue weighted by atomic mass is 9.56. The second-order valence-electron chi connectivity index (χ2n) is 5.55. The predicted octanol–water partition coefficient (Wildman–Crippen LogP) is 4.70. The Bertz CT molecular complexity index is 271. The van der Waals surface area contributed by atoms with Crippen LogP contribution >= 0.6 is 0 Å². The molecule has 0 N–H and O–H groups in total. The lowest BCUT2D eigenvalue weighted by Crippen LogP contribution is -2.19. The first-order valence-electron chi connectivity index (χ1n) is 7.90. The van der Waals surface area contributed by atoms with Gasteiger partial charge in [-0.25, -0.2) is 0 Å². The molecule has 1 aromatic carbocycles. The van der Waals surface area contributed by atoms with Gasteiger partial charge in [0.05, 0.1) is 0 Å². The van der Waals surface area contributed by atoms with Gasteiger partial charge < -0.3 is 0 Å². The number of unbranched alkanes of at least 4 members (excludes halogenated alkanes) is 4. The lowest BCUT2D eigenvalue weighted by molar-refractivity contribution is 0.569. The van der Waals surface area contributed by atoms with Gasteiger partial charge in [0.2, 0.25) is 0 Å². The molecule has 0 aliphatic rings. The van der Waals surface area contributed by atoms with E-state index in [1.54, 1.807) is 0 Å². The molecule has 1 heteroatoms. The Kier molecular flexibility index (Phi) is 8.72. The van der Waals surface area contributed by atoms with Crippen LogP contribution in [0.2, 0.25) is 5.82 Å². The van der Waals surface area contributed by atoms with Crippen molar-refractivity contribution in [1.29, 1.82) is 0 Å². The van der Waals surface area contributed by atoms with Crippen molar-refractivity contribution in [2.45, 2.75) is 71.0 Å². The van der Waals surface area contributed by atoms with E-state index in [0.717, 1.165) is 5.82 Å². The zero-order valence-corrected chi connectivity index (χ0v) is 12.3. The first-order chi connectivity index (χ1) is 8.86. The zero-order chi connectivity index (χ0) is 13.1. The van der Waals surface area contributed by atoms with Gasteiger partial charge in [-0.3, -0.25) is 0 Å². The maximum absolute atomic E-state index is 2.29. The second-order valence-corrected chi connectivity index (χ2v) is 5.55. The topological polar surface area (TPSA) is 0 Å². The molecule has 1 aromatic rings. The molecule has 0 amide bonds. The molecule has 0 bridgehead atoms. The Morgan fingerprint density at radius 1 is 0.833 bits per heavy atom. The Balaban J connectivity index is 2.37. The van der Waals surface area contributed by atoms with Crippen LogP contribution in [-0.2, 0) is 0 Å². The summed E-state index contributed by atoms with van der Waals surface area (Å²) in [5.41, 5.74) is 1.52. The van der Waals surface area contributed by atoms with Crippen molar-refractivity contribution in [2.24, 2.45) is 0 Å². The summed E-state index contributed by atoms with van der Waals surface area (Å²) in [5.74, 6) is 0.908. The molecule has 0 nitrogen and oxygen atoms in total. The van der Waals surface area contributed by atoms with Crippen molar-refractivity contribution < 1.29 is 0 Å². The van der Waals surface area contributed by atoms with Crippen LogP contribution < -0.4 is 5.46 Å². The van der Waals surface area contributed by atoms with Crippen LogP contribution in [0.3, 0.4) is 0 Å². The van der Waals surface area contributed by atoms with Gasteiger partial charge in [0.15, 0.2) is 7.28 Å². The first-order valence-corrected chi connectivity index (χ1v) is 7.90. The minimum absolute atomic E-state index is 0.908. The summed E-state index contributed by atoms with van der Waals surface area (Å²) >= 11 is 0. The maximum Gasteiger partial charge on any atom is 0.160 e. The standard InChI is InChI=1S/C17H29B/c1-3-5-8-12-16(13-9-6-4-2)18-17-14-10-7-11-15-17/h7,10-11,14-16,18H,3-6,8-9,12-13H2,1-2H3. The summed E-state index contributed by atoms with van der Waals surface area (Å²) in [7, 11) is 1.29. The van der Waals surface area contributed by atoms with Gasteiger partial charge in [0.1, 0.15) is 0 Å². The first kappa shape index (κ1) is 15.3. The van der Waals surface area contributed by atoms with Crippen molar-refractivity contribution in [1.82, 2.24) is 0 Å². The highest BCUT2D eigenvalue weighted by molar-refractivity contribution is 6.54. The zero-order valence-electron chi connectivity index (χ0n) is 12.3. The van der Waals surface area contributed by atoms with Crippen LogP contribution in [0, 0.1) is 0 Å². The van der Waals surface area contributed by atoms with E-state index in [9.17, 15) is 0 Å². The number of benzene rings is 1. The average molecular weight is 244 g/mol. The smallest absolute Gasteiger partial charge is 0.0842 e. The Morgan fingerprint density at radius 2 is 1.39 bits per heavy atom. The molecule has 0 atom stereocenters. The third-order valence-corrected chi connectivity index (χ3v) is 3.80. The third kappa shape index (κ3) is 6.88. The summed E-state index contributed by atoms with van der Waals surface area (Å²) in [6, 6.07) is 11.0. The van der Waals surface area contributed by atoms with Crippen LogP contribution in [0.25, 0.3) is 0 Å². The molecule has 0 aromatic heterocycles. The minimum atomic E-state index is 0.908. The van der Waals surface area contributed by atoms with Crippen LogP contribution in [0.4, 0.5) is 0 Å². The van der Waals surface area contributed by atoms with E-state index in [0.29, 0.717) is 0 Å². The molecule has 0 radical (unpaired) electrons. The van der Waals surface area contributed by atoms with Crippen molar-refractivity contribution >= 4 is 12.7 Å². The van der Waals surface area contributed by atoms with Gasteiger partial charge in [-0.15, -0.1) is 0 Å². The van der Waals surface area contributed by atoms with E-state index in [1.165, 1.54) is 64.1 Å². The molecule has 0 spiro atoms. The van der Waals surface area contributed by atoms with Gasteiger partial charge >= 0.3 is 0 Å². The van der Waals surface area contributed by atoms with E-state index in [4.69, 9.17) is 0 Å². The highest BCUT2D eigenvalue weighted by Gasteiger charge is 2.10. The van der Waals surface area contributed by atoms with E-state index < -0.39 is 0 Å². The normalized spacial score (nSPS) is 10.8. The highest BCUT2D eigenvalue weighted by atomic mass is 14.0. The highest BCUT2D eigenvalue weighted by Crippen LogP contribution is 2.21. The summed E-state index contributed by atoms with van der Waals surface area (Å²) < 4.78 is 0. The largest absolute Gasteiger partial charge is 0.160 e. The Labute approximate surface area is 114 Å². The number of hydrogen-bond donors (Lipinski definition) is 0. The van der Waals surface area contributed by atoms with E-state index in [2.05, 4.69) is 44.2 Å². The van der Waals surface area contributed by atoms with Crippen molar-refractivity contribution in [3.05, 3.63) is 30.3 Å². The Morgan fingerprint density at radius 3 is 1.89 bits per heavy atom. The van der Waals surface area contributed by atoms with Gasteiger partial charge in [0, 0.05) is 0 Å². The molecule has 0 aliphatic heterocycles. The summed E-state index contributed by atoms with van der Waals surface area (Å²) in [6.45, 7) is 4.59. The monoisotopic (exact) mass is 244 g/mol. The van der Waals surface area contributed by atoms with E-state index in [1.807, 2.05) is 0 Å². The van der Waals surface area contributed by atoms with Crippen LogP contribution in [-0.4, -0.2) is 7.28 Å². The van der Waals surface area contributed by atoms with E-state index in [-0.39, 0.29) is 0 Å². The molecule has 0 saturated heterocycles.